The number of nitrogens with one attached hydrogen (secondary N) is 1. The Kier molecular flexibility index (Phi) is 5.62. The molecule has 3 aromatic rings. The average molecular weight is 482 g/mol. The Morgan fingerprint density at radius 2 is 1.91 bits per heavy atom. The first kappa shape index (κ1) is 22.3. The number of likely N-dealkylation sites (tertiary alicyclic amines) is 1. The van der Waals surface area contributed by atoms with Gasteiger partial charge < -0.3 is 14.6 Å². The number of rotatable bonds is 7. The van der Waals surface area contributed by atoms with Gasteiger partial charge in [0.15, 0.2) is 0 Å². The number of fused-ring (bicyclic) bond motifs is 3. The van der Waals surface area contributed by atoms with Crippen LogP contribution in [0.1, 0.15) is 44.1 Å². The van der Waals surface area contributed by atoms with Gasteiger partial charge in [0.1, 0.15) is 29.5 Å². The van der Waals surface area contributed by atoms with E-state index in [1.54, 1.807) is 0 Å². The zero-order valence-electron chi connectivity index (χ0n) is 19.7. The summed E-state index contributed by atoms with van der Waals surface area (Å²) in [5, 5.41) is 1.10. The highest BCUT2D eigenvalue weighted by atomic mass is 19.1. The summed E-state index contributed by atoms with van der Waals surface area (Å²) in [5.74, 6) is -1.05. The van der Waals surface area contributed by atoms with Crippen LogP contribution in [0.25, 0.3) is 10.9 Å². The van der Waals surface area contributed by atoms with E-state index >= 15 is 8.78 Å². The van der Waals surface area contributed by atoms with Crippen LogP contribution in [0.15, 0.2) is 53.9 Å². The number of H-pyrrole nitrogens is 1. The minimum Gasteiger partial charge on any atom is -0.488 e. The third-order valence-electron chi connectivity index (χ3n) is 7.41. The van der Waals surface area contributed by atoms with Gasteiger partial charge in [0.2, 0.25) is 0 Å². The summed E-state index contributed by atoms with van der Waals surface area (Å²) < 4.78 is 49.6. The van der Waals surface area contributed by atoms with Crippen LogP contribution in [0.2, 0.25) is 0 Å². The molecule has 1 saturated heterocycles. The highest BCUT2D eigenvalue weighted by molar-refractivity contribution is 5.85. The minimum atomic E-state index is -0.619. The zero-order chi connectivity index (χ0) is 24.1. The van der Waals surface area contributed by atoms with E-state index in [9.17, 15) is 4.39 Å². The van der Waals surface area contributed by atoms with Crippen molar-refractivity contribution in [1.82, 2.24) is 14.8 Å². The Balaban J connectivity index is 0.00000267. The van der Waals surface area contributed by atoms with Crippen molar-refractivity contribution in [1.29, 1.82) is 0 Å². The molecule has 1 N–H and O–H groups in total. The summed E-state index contributed by atoms with van der Waals surface area (Å²) in [7, 11) is 0. The fraction of sp³-hybridized carbons (Fsp3) is 0.393. The number of ether oxygens (including phenoxy) is 1. The van der Waals surface area contributed by atoms with E-state index < -0.39 is 17.7 Å². The van der Waals surface area contributed by atoms with Crippen molar-refractivity contribution >= 4 is 10.9 Å². The van der Waals surface area contributed by atoms with E-state index in [2.05, 4.69) is 33.5 Å². The fourth-order valence-corrected chi connectivity index (χ4v) is 5.69. The molecular formula is C28H30F3N3O. The second kappa shape index (κ2) is 8.81. The topological polar surface area (TPSA) is 31.5 Å². The minimum absolute atomic E-state index is 0. The monoisotopic (exact) mass is 481 g/mol. The summed E-state index contributed by atoms with van der Waals surface area (Å²) in [5.41, 5.74) is 7.13. The van der Waals surface area contributed by atoms with Crippen LogP contribution in [0.4, 0.5) is 13.2 Å². The highest BCUT2D eigenvalue weighted by Gasteiger charge is 2.40. The molecule has 184 valence electrons. The molecule has 0 amide bonds. The Bertz CT molecular complexity index is 1320. The van der Waals surface area contributed by atoms with Crippen molar-refractivity contribution in [3.8, 4) is 5.75 Å². The summed E-state index contributed by atoms with van der Waals surface area (Å²) >= 11 is 0. The van der Waals surface area contributed by atoms with Gasteiger partial charge in [-0.05, 0) is 37.5 Å². The largest absolute Gasteiger partial charge is 0.488 e. The van der Waals surface area contributed by atoms with Crippen molar-refractivity contribution in [2.45, 2.75) is 44.4 Å². The Morgan fingerprint density at radius 3 is 2.60 bits per heavy atom. The molecule has 2 aliphatic heterocycles. The van der Waals surface area contributed by atoms with Crippen molar-refractivity contribution in [3.63, 3.8) is 0 Å². The predicted octanol–water partition coefficient (Wildman–Crippen LogP) is 5.89. The van der Waals surface area contributed by atoms with Crippen LogP contribution in [0, 0.1) is 11.6 Å². The van der Waals surface area contributed by atoms with Gasteiger partial charge >= 0.3 is 0 Å². The summed E-state index contributed by atoms with van der Waals surface area (Å²) in [6.45, 7) is 3.70. The van der Waals surface area contributed by atoms with Crippen LogP contribution < -0.4 is 4.74 Å². The Hall–Kier alpha value is -3.15. The molecule has 0 bridgehead atoms. The molecule has 2 atom stereocenters. The quantitative estimate of drug-likeness (QED) is 0.427. The van der Waals surface area contributed by atoms with Gasteiger partial charge in [-0.3, -0.25) is 9.29 Å². The van der Waals surface area contributed by atoms with Gasteiger partial charge in [0.05, 0.1) is 17.9 Å². The highest BCUT2D eigenvalue weighted by Crippen LogP contribution is 2.45. The fourth-order valence-electron chi connectivity index (χ4n) is 5.69. The standard InChI is InChI=1S/C28H28F3N3O.H2/c1-17-12-22-21-8-2-3-9-25(21)32-27(22)28(34(17)18-6-4-7-18)26-23(30)13-19(14-24(26)31)35-20-15-33(16-20)11-5-10-29;/h2-4,8-9,13-14,17,20,28,32H,5-6,10-12,15-16H2,1H3;1H/t17-,28-;/m1./s1. The molecular weight excluding hydrogens is 451 g/mol. The Morgan fingerprint density at radius 1 is 1.17 bits per heavy atom. The SMILES string of the molecule is C[C@@H]1Cc2c([nH]c3ccccc23)[C@@H](c2c(F)cc(OC3CN(CCCF)C3)cc2F)N1C1=C=CC1.[HH]. The lowest BCUT2D eigenvalue weighted by atomic mass is 9.86. The van der Waals surface area contributed by atoms with Gasteiger partial charge in [-0.25, -0.2) is 8.78 Å². The van der Waals surface area contributed by atoms with Crippen molar-refractivity contribution in [2.75, 3.05) is 26.3 Å². The zero-order valence-corrected chi connectivity index (χ0v) is 19.7. The van der Waals surface area contributed by atoms with E-state index in [-0.39, 0.29) is 31.6 Å². The van der Waals surface area contributed by atoms with Gasteiger partial charge in [-0.1, -0.05) is 18.2 Å². The molecule has 0 unspecified atom stereocenters. The first-order valence-corrected chi connectivity index (χ1v) is 12.3. The van der Waals surface area contributed by atoms with Crippen LogP contribution in [-0.4, -0.2) is 53.2 Å². The van der Waals surface area contributed by atoms with Crippen LogP contribution in [0.3, 0.4) is 0 Å². The molecule has 2 aromatic carbocycles. The molecule has 1 aromatic heterocycles. The number of alkyl halides is 1. The third-order valence-corrected chi connectivity index (χ3v) is 7.41. The Labute approximate surface area is 204 Å². The lowest BCUT2D eigenvalue weighted by molar-refractivity contribution is 0.0180. The van der Waals surface area contributed by atoms with Crippen LogP contribution in [0.5, 0.6) is 5.75 Å². The van der Waals surface area contributed by atoms with Crippen LogP contribution >= 0.6 is 0 Å². The number of para-hydroxylation sites is 1. The second-order valence-corrected chi connectivity index (χ2v) is 9.77. The number of hydrogen-bond acceptors (Lipinski definition) is 3. The van der Waals surface area contributed by atoms with Gasteiger partial charge in [0, 0.05) is 62.3 Å². The normalized spacial score (nSPS) is 22.1. The number of halogens is 3. The molecule has 0 spiro atoms. The second-order valence-electron chi connectivity index (χ2n) is 9.77. The number of benzene rings is 2. The van der Waals surface area contributed by atoms with Crippen molar-refractivity contribution < 1.29 is 19.3 Å². The van der Waals surface area contributed by atoms with E-state index in [1.165, 1.54) is 12.1 Å². The molecule has 35 heavy (non-hydrogen) atoms. The first-order chi connectivity index (χ1) is 17.0. The summed E-state index contributed by atoms with van der Waals surface area (Å²) in [6.07, 6.45) is 3.81. The summed E-state index contributed by atoms with van der Waals surface area (Å²) in [4.78, 5) is 7.65. The molecule has 1 aliphatic carbocycles. The van der Waals surface area contributed by atoms with Gasteiger partial charge in [0.25, 0.3) is 0 Å². The first-order valence-electron chi connectivity index (χ1n) is 12.3. The van der Waals surface area contributed by atoms with E-state index in [0.717, 1.165) is 40.7 Å². The molecule has 3 aliphatic rings. The molecule has 4 nitrogen and oxygen atoms in total. The maximum atomic E-state index is 15.7. The van der Waals surface area contributed by atoms with Crippen LogP contribution in [-0.2, 0) is 6.42 Å². The molecule has 0 saturated carbocycles. The van der Waals surface area contributed by atoms with Crippen molar-refractivity contribution in [2.24, 2.45) is 0 Å². The van der Waals surface area contributed by atoms with E-state index in [1.807, 2.05) is 24.3 Å². The average Bonchev–Trinajstić information content (AvgIpc) is 3.13. The molecule has 0 radical (unpaired) electrons. The van der Waals surface area contributed by atoms with E-state index in [0.29, 0.717) is 26.1 Å². The third kappa shape index (κ3) is 3.83. The molecule has 7 heteroatoms. The van der Waals surface area contributed by atoms with Gasteiger partial charge in [-0.15, -0.1) is 5.73 Å². The maximum Gasteiger partial charge on any atom is 0.135 e. The number of nitrogens with zero attached hydrogens (tertiary/aromatic N) is 2. The summed E-state index contributed by atoms with van der Waals surface area (Å²) in [6, 6.07) is 10.1. The smallest absolute Gasteiger partial charge is 0.135 e. The predicted molar refractivity (Wildman–Crippen MR) is 131 cm³/mol. The maximum absolute atomic E-state index is 15.7. The number of aromatic amines is 1. The number of aromatic nitrogens is 1. The lowest BCUT2D eigenvalue weighted by Gasteiger charge is -2.44. The molecule has 1 fully saturated rings. The molecule has 3 heterocycles. The molecule has 6 rings (SSSR count). The van der Waals surface area contributed by atoms with Crippen molar-refractivity contribution in [3.05, 3.63) is 82.4 Å². The lowest BCUT2D eigenvalue weighted by Crippen LogP contribution is -2.53. The van der Waals surface area contributed by atoms with E-state index in [4.69, 9.17) is 4.74 Å². The number of hydrogen-bond donors (Lipinski definition) is 1. The van der Waals surface area contributed by atoms with Gasteiger partial charge in [-0.2, -0.15) is 0 Å².